The van der Waals surface area contributed by atoms with E-state index >= 15 is 0 Å². The Bertz CT molecular complexity index is 346. The van der Waals surface area contributed by atoms with Crippen LogP contribution in [0.3, 0.4) is 0 Å². The first kappa shape index (κ1) is 23.2. The van der Waals surface area contributed by atoms with Gasteiger partial charge in [0.25, 0.3) is 0 Å². The number of rotatable bonds is 8. The first-order valence-electron chi connectivity index (χ1n) is 7.40. The third-order valence-corrected chi connectivity index (χ3v) is 4.18. The zero-order valence-electron chi connectivity index (χ0n) is 13.1. The Morgan fingerprint density at radius 1 is 1.36 bits per heavy atom. The largest absolute Gasteiger partial charge is 0.463 e. The molecule has 5 nitrogen and oxygen atoms in total. The number of ether oxygens (including phenoxy) is 2. The molecule has 0 saturated carbocycles. The first-order valence-corrected chi connectivity index (χ1v) is 7.40. The number of nitrogens with zero attached hydrogens (tertiary/aromatic N) is 1. The van der Waals surface area contributed by atoms with Crippen molar-refractivity contribution in [1.29, 1.82) is 0 Å². The van der Waals surface area contributed by atoms with E-state index < -0.39 is 5.41 Å². The van der Waals surface area contributed by atoms with Crippen LogP contribution in [0.15, 0.2) is 0 Å². The molecule has 22 heavy (non-hydrogen) atoms. The third-order valence-electron chi connectivity index (χ3n) is 4.18. The predicted octanol–water partition coefficient (Wildman–Crippen LogP) is 3.27. The van der Waals surface area contributed by atoms with Crippen molar-refractivity contribution in [3.8, 4) is 0 Å². The van der Waals surface area contributed by atoms with E-state index in [-0.39, 0.29) is 39.4 Å². The molecule has 0 bridgehead atoms. The average molecular weight is 317 g/mol. The molecule has 132 valence electrons. The second-order valence-corrected chi connectivity index (χ2v) is 5.79. The van der Waals surface area contributed by atoms with Gasteiger partial charge in [-0.1, -0.05) is 21.8 Å². The van der Waals surface area contributed by atoms with Gasteiger partial charge in [0.15, 0.2) is 0 Å². The number of likely N-dealkylation sites (tertiary alicyclic amines) is 1. The Morgan fingerprint density at radius 3 is 2.45 bits per heavy atom. The van der Waals surface area contributed by atoms with Crippen molar-refractivity contribution < 1.29 is 19.1 Å². The highest BCUT2D eigenvalue weighted by Gasteiger charge is 2.37. The van der Waals surface area contributed by atoms with Crippen LogP contribution in [0.25, 0.3) is 0 Å². The number of methoxy groups -OCH3 is 1. The van der Waals surface area contributed by atoms with Crippen molar-refractivity contribution in [2.75, 3.05) is 26.9 Å². The molecule has 1 saturated heterocycles. The van der Waals surface area contributed by atoms with Gasteiger partial charge in [0, 0.05) is 26.1 Å². The van der Waals surface area contributed by atoms with Crippen LogP contribution < -0.4 is 0 Å². The molecular weight excluding hydrogens is 282 g/mol. The van der Waals surface area contributed by atoms with E-state index in [1.54, 1.807) is 7.11 Å². The third kappa shape index (κ3) is 5.95. The molecule has 2 atom stereocenters. The molecule has 1 heterocycles. The molecule has 0 spiro atoms. The summed E-state index contributed by atoms with van der Waals surface area (Å²) >= 11 is 0. The molecular formula is C17H35NO4. The lowest BCUT2D eigenvalue weighted by atomic mass is 9.81. The van der Waals surface area contributed by atoms with Crippen molar-refractivity contribution in [3.63, 3.8) is 0 Å². The van der Waals surface area contributed by atoms with Gasteiger partial charge in [-0.25, -0.2) is 0 Å². The number of amides is 1. The fourth-order valence-electron chi connectivity index (χ4n) is 2.66. The van der Waals surface area contributed by atoms with E-state index in [0.29, 0.717) is 25.9 Å². The standard InChI is InChI=1S/C15H27NO4.2CH4/c1-5-15(3,14(18)20-10-9-19-4)11-12(2)16-8-6-7-13(16)17;;/h12H,5-11H2,1-4H3;2*1H4. The molecule has 1 aliphatic rings. The summed E-state index contributed by atoms with van der Waals surface area (Å²) in [5.41, 5.74) is -0.546. The van der Waals surface area contributed by atoms with Gasteiger partial charge in [-0.15, -0.1) is 0 Å². The van der Waals surface area contributed by atoms with Crippen LogP contribution >= 0.6 is 0 Å². The minimum absolute atomic E-state index is 0. The van der Waals surface area contributed by atoms with Gasteiger partial charge >= 0.3 is 5.97 Å². The van der Waals surface area contributed by atoms with E-state index in [2.05, 4.69) is 0 Å². The summed E-state index contributed by atoms with van der Waals surface area (Å²) in [5.74, 6) is -0.000695. The highest BCUT2D eigenvalue weighted by atomic mass is 16.6. The second kappa shape index (κ2) is 10.6. The maximum atomic E-state index is 12.2. The fourth-order valence-corrected chi connectivity index (χ4v) is 2.66. The highest BCUT2D eigenvalue weighted by Crippen LogP contribution is 2.32. The zero-order chi connectivity index (χ0) is 15.2. The minimum atomic E-state index is -0.546. The fraction of sp³-hybridized carbons (Fsp3) is 0.882. The smallest absolute Gasteiger partial charge is 0.311 e. The average Bonchev–Trinajstić information content (AvgIpc) is 2.85. The molecule has 1 rings (SSSR count). The first-order chi connectivity index (χ1) is 9.44. The van der Waals surface area contributed by atoms with E-state index in [4.69, 9.17) is 9.47 Å². The normalized spacial score (nSPS) is 18.0. The number of carbonyl (C=O) groups is 2. The van der Waals surface area contributed by atoms with Gasteiger partial charge in [0.05, 0.1) is 12.0 Å². The lowest BCUT2D eigenvalue weighted by Crippen LogP contribution is -2.41. The van der Waals surface area contributed by atoms with Gasteiger partial charge < -0.3 is 14.4 Å². The summed E-state index contributed by atoms with van der Waals surface area (Å²) in [6.07, 6.45) is 2.89. The molecule has 0 aliphatic carbocycles. The van der Waals surface area contributed by atoms with Gasteiger partial charge in [-0.05, 0) is 33.1 Å². The summed E-state index contributed by atoms with van der Waals surface area (Å²) in [4.78, 5) is 25.9. The predicted molar refractivity (Wildman–Crippen MR) is 89.7 cm³/mol. The van der Waals surface area contributed by atoms with Crippen molar-refractivity contribution in [2.24, 2.45) is 5.41 Å². The maximum absolute atomic E-state index is 12.2. The lowest BCUT2D eigenvalue weighted by molar-refractivity contribution is -0.158. The quantitative estimate of drug-likeness (QED) is 0.509. The van der Waals surface area contributed by atoms with Crippen LogP contribution in [0.1, 0.15) is 61.3 Å². The van der Waals surface area contributed by atoms with Crippen LogP contribution in [0.2, 0.25) is 0 Å². The van der Waals surface area contributed by atoms with Crippen LogP contribution in [0.5, 0.6) is 0 Å². The molecule has 0 N–H and O–H groups in total. The Morgan fingerprint density at radius 2 is 2.00 bits per heavy atom. The molecule has 1 fully saturated rings. The molecule has 2 unspecified atom stereocenters. The number of hydrogen-bond acceptors (Lipinski definition) is 4. The summed E-state index contributed by atoms with van der Waals surface area (Å²) in [5, 5.41) is 0. The van der Waals surface area contributed by atoms with Crippen LogP contribution in [-0.2, 0) is 19.1 Å². The summed E-state index contributed by atoms with van der Waals surface area (Å²) in [7, 11) is 1.58. The number of carbonyl (C=O) groups excluding carboxylic acids is 2. The summed E-state index contributed by atoms with van der Waals surface area (Å²) < 4.78 is 10.1. The Labute approximate surface area is 136 Å². The number of esters is 1. The Kier molecular flexibility index (Phi) is 11.2. The second-order valence-electron chi connectivity index (χ2n) is 5.79. The Balaban J connectivity index is 0. The molecule has 0 radical (unpaired) electrons. The van der Waals surface area contributed by atoms with Gasteiger partial charge in [-0.2, -0.15) is 0 Å². The zero-order valence-corrected chi connectivity index (χ0v) is 13.1. The molecule has 0 aromatic rings. The van der Waals surface area contributed by atoms with Crippen molar-refractivity contribution in [2.45, 2.75) is 67.3 Å². The van der Waals surface area contributed by atoms with Gasteiger partial charge in [0.1, 0.15) is 6.61 Å². The van der Waals surface area contributed by atoms with E-state index in [9.17, 15) is 9.59 Å². The van der Waals surface area contributed by atoms with Gasteiger partial charge in [-0.3, -0.25) is 9.59 Å². The molecule has 5 heteroatoms. The topological polar surface area (TPSA) is 55.8 Å². The van der Waals surface area contributed by atoms with Crippen LogP contribution in [-0.4, -0.2) is 49.7 Å². The lowest BCUT2D eigenvalue weighted by Gasteiger charge is -2.33. The minimum Gasteiger partial charge on any atom is -0.463 e. The van der Waals surface area contributed by atoms with E-state index in [1.165, 1.54) is 0 Å². The molecule has 1 amide bonds. The Hall–Kier alpha value is -1.10. The van der Waals surface area contributed by atoms with E-state index in [1.807, 2.05) is 25.7 Å². The SMILES string of the molecule is C.C.CCC(C)(CC(C)N1CCCC1=O)C(=O)OCCOC. The summed E-state index contributed by atoms with van der Waals surface area (Å²) in [6.45, 7) is 7.40. The maximum Gasteiger partial charge on any atom is 0.311 e. The van der Waals surface area contributed by atoms with Gasteiger partial charge in [0.2, 0.25) is 5.91 Å². The van der Waals surface area contributed by atoms with Crippen molar-refractivity contribution in [3.05, 3.63) is 0 Å². The van der Waals surface area contributed by atoms with Crippen molar-refractivity contribution >= 4 is 11.9 Å². The van der Waals surface area contributed by atoms with Crippen molar-refractivity contribution in [1.82, 2.24) is 4.90 Å². The van der Waals surface area contributed by atoms with Crippen LogP contribution in [0, 0.1) is 5.41 Å². The number of hydrogen-bond donors (Lipinski definition) is 0. The van der Waals surface area contributed by atoms with E-state index in [0.717, 1.165) is 13.0 Å². The summed E-state index contributed by atoms with van der Waals surface area (Å²) in [6, 6.07) is 0.0740. The molecule has 0 aromatic heterocycles. The van der Waals surface area contributed by atoms with Crippen LogP contribution in [0.4, 0.5) is 0 Å². The monoisotopic (exact) mass is 317 g/mol. The molecule has 1 aliphatic heterocycles. The molecule has 0 aromatic carbocycles. The highest BCUT2D eigenvalue weighted by molar-refractivity contribution is 5.79.